The number of nitrogens with zero attached hydrogens (tertiary/aromatic N) is 2. The Morgan fingerprint density at radius 2 is 2.05 bits per heavy atom. The van der Waals surface area contributed by atoms with Gasteiger partial charge in [0.1, 0.15) is 10.7 Å². The van der Waals surface area contributed by atoms with Crippen LogP contribution in [0.2, 0.25) is 0 Å². The van der Waals surface area contributed by atoms with Crippen molar-refractivity contribution in [1.82, 2.24) is 14.5 Å². The lowest BCUT2D eigenvalue weighted by atomic mass is 10.3. The van der Waals surface area contributed by atoms with Crippen molar-refractivity contribution in [2.24, 2.45) is 0 Å². The predicted octanol–water partition coefficient (Wildman–Crippen LogP) is 1.45. The average molecular weight is 294 g/mol. The Balaban J connectivity index is 2.51. The van der Waals surface area contributed by atoms with Gasteiger partial charge in [0.25, 0.3) is 0 Å². The third-order valence-electron chi connectivity index (χ3n) is 2.88. The summed E-state index contributed by atoms with van der Waals surface area (Å²) in [6.07, 6.45) is 2.44. The molecule has 0 saturated heterocycles. The largest absolute Gasteiger partial charge is 0.382 e. The van der Waals surface area contributed by atoms with Gasteiger partial charge in [-0.15, -0.1) is 0 Å². The predicted molar refractivity (Wildman–Crippen MR) is 78.2 cm³/mol. The summed E-state index contributed by atoms with van der Waals surface area (Å²) >= 11 is 0. The maximum atomic E-state index is 12.3. The topological polar surface area (TPSA) is 90.0 Å². The van der Waals surface area contributed by atoms with Gasteiger partial charge in [-0.1, -0.05) is 19.1 Å². The Labute approximate surface area is 118 Å². The highest BCUT2D eigenvalue weighted by Crippen LogP contribution is 2.21. The minimum atomic E-state index is -3.56. The van der Waals surface area contributed by atoms with Gasteiger partial charge < -0.3 is 5.73 Å². The van der Waals surface area contributed by atoms with Crippen LogP contribution in [-0.2, 0) is 10.0 Å². The van der Waals surface area contributed by atoms with Crippen LogP contribution in [0.5, 0.6) is 0 Å². The first-order chi connectivity index (χ1) is 9.45. The SMILES string of the molecule is CCCNS(=O)(=O)c1ccccc1-n1cc(C)c(N)n1. The number of sulfonamides is 1. The number of para-hydroxylation sites is 1. The average Bonchev–Trinajstić information content (AvgIpc) is 2.76. The summed E-state index contributed by atoms with van der Waals surface area (Å²) in [6, 6.07) is 6.71. The maximum Gasteiger partial charge on any atom is 0.242 e. The number of nitrogens with two attached hydrogens (primary N) is 1. The first kappa shape index (κ1) is 14.5. The molecule has 0 amide bonds. The molecule has 0 saturated carbocycles. The first-order valence-corrected chi connectivity index (χ1v) is 7.85. The molecule has 0 radical (unpaired) electrons. The number of nitrogen functional groups attached to an aromatic ring is 1. The molecule has 108 valence electrons. The van der Waals surface area contributed by atoms with E-state index < -0.39 is 10.0 Å². The van der Waals surface area contributed by atoms with Gasteiger partial charge in [-0.3, -0.25) is 0 Å². The Morgan fingerprint density at radius 3 is 2.65 bits per heavy atom. The summed E-state index contributed by atoms with van der Waals surface area (Å²) in [5.74, 6) is 0.388. The van der Waals surface area contributed by atoms with Crippen LogP contribution in [0.3, 0.4) is 0 Å². The van der Waals surface area contributed by atoms with E-state index >= 15 is 0 Å². The number of aromatic nitrogens is 2. The van der Waals surface area contributed by atoms with Crippen molar-refractivity contribution < 1.29 is 8.42 Å². The second-order valence-corrected chi connectivity index (χ2v) is 6.24. The molecule has 1 aromatic heterocycles. The standard InChI is InChI=1S/C13H18N4O2S/c1-3-8-15-20(18,19)12-7-5-4-6-11(12)17-9-10(2)13(14)16-17/h4-7,9,15H,3,8H2,1-2H3,(H2,14,16). The lowest BCUT2D eigenvalue weighted by Gasteiger charge is -2.10. The monoisotopic (exact) mass is 294 g/mol. The molecule has 0 aliphatic heterocycles. The van der Waals surface area contributed by atoms with Crippen LogP contribution in [0.25, 0.3) is 5.69 Å². The first-order valence-electron chi connectivity index (χ1n) is 6.36. The third kappa shape index (κ3) is 2.83. The Morgan fingerprint density at radius 1 is 1.35 bits per heavy atom. The van der Waals surface area contributed by atoms with E-state index in [2.05, 4.69) is 9.82 Å². The molecular weight excluding hydrogens is 276 g/mol. The zero-order valence-corrected chi connectivity index (χ0v) is 12.3. The number of benzene rings is 1. The molecule has 2 rings (SSSR count). The molecule has 0 spiro atoms. The Hall–Kier alpha value is -1.86. The fourth-order valence-corrected chi connectivity index (χ4v) is 3.11. The quantitative estimate of drug-likeness (QED) is 0.873. The van der Waals surface area contributed by atoms with Gasteiger partial charge in [-0.2, -0.15) is 5.10 Å². The minimum absolute atomic E-state index is 0.191. The third-order valence-corrected chi connectivity index (χ3v) is 4.39. The van der Waals surface area contributed by atoms with Gasteiger partial charge in [0, 0.05) is 18.3 Å². The molecule has 0 bridgehead atoms. The van der Waals surface area contributed by atoms with Crippen molar-refractivity contribution in [3.05, 3.63) is 36.0 Å². The van der Waals surface area contributed by atoms with Crippen LogP contribution in [0.1, 0.15) is 18.9 Å². The molecule has 0 aliphatic rings. The summed E-state index contributed by atoms with van der Waals surface area (Å²) in [5, 5.41) is 4.14. The summed E-state index contributed by atoms with van der Waals surface area (Å²) in [4.78, 5) is 0.191. The smallest absolute Gasteiger partial charge is 0.242 e. The fraction of sp³-hybridized carbons (Fsp3) is 0.308. The summed E-state index contributed by atoms with van der Waals surface area (Å²) < 4.78 is 28.6. The Kier molecular flexibility index (Phi) is 4.10. The second kappa shape index (κ2) is 5.64. The molecule has 1 heterocycles. The van der Waals surface area contributed by atoms with Gasteiger partial charge in [0.15, 0.2) is 0 Å². The minimum Gasteiger partial charge on any atom is -0.382 e. The van der Waals surface area contributed by atoms with E-state index in [1.54, 1.807) is 30.5 Å². The molecule has 6 nitrogen and oxygen atoms in total. The summed E-state index contributed by atoms with van der Waals surface area (Å²) in [7, 11) is -3.56. The van der Waals surface area contributed by atoms with Crippen molar-refractivity contribution >= 4 is 15.8 Å². The number of anilines is 1. The zero-order valence-electron chi connectivity index (χ0n) is 11.5. The lowest BCUT2D eigenvalue weighted by molar-refractivity contribution is 0.579. The molecule has 20 heavy (non-hydrogen) atoms. The van der Waals surface area contributed by atoms with Gasteiger partial charge in [0.2, 0.25) is 10.0 Å². The molecule has 0 aliphatic carbocycles. The second-order valence-electron chi connectivity index (χ2n) is 4.51. The molecule has 0 atom stereocenters. The number of hydrogen-bond donors (Lipinski definition) is 2. The van der Waals surface area contributed by atoms with E-state index in [-0.39, 0.29) is 4.90 Å². The number of hydrogen-bond acceptors (Lipinski definition) is 4. The van der Waals surface area contributed by atoms with Crippen molar-refractivity contribution in [1.29, 1.82) is 0 Å². The van der Waals surface area contributed by atoms with Crippen LogP contribution < -0.4 is 10.5 Å². The van der Waals surface area contributed by atoms with Crippen molar-refractivity contribution in [2.45, 2.75) is 25.2 Å². The van der Waals surface area contributed by atoms with E-state index in [1.807, 2.05) is 13.8 Å². The van der Waals surface area contributed by atoms with Crippen LogP contribution in [0.4, 0.5) is 5.82 Å². The molecule has 1 aromatic carbocycles. The summed E-state index contributed by atoms with van der Waals surface area (Å²) in [5.41, 5.74) is 7.01. The van der Waals surface area contributed by atoms with E-state index in [4.69, 9.17) is 5.73 Å². The van der Waals surface area contributed by atoms with Crippen LogP contribution in [-0.4, -0.2) is 24.7 Å². The molecule has 2 aromatic rings. The van der Waals surface area contributed by atoms with Crippen LogP contribution in [0, 0.1) is 6.92 Å². The van der Waals surface area contributed by atoms with E-state index in [0.717, 1.165) is 12.0 Å². The number of nitrogens with one attached hydrogen (secondary N) is 1. The summed E-state index contributed by atoms with van der Waals surface area (Å²) in [6.45, 7) is 4.13. The van der Waals surface area contributed by atoms with E-state index in [0.29, 0.717) is 18.1 Å². The van der Waals surface area contributed by atoms with Crippen LogP contribution >= 0.6 is 0 Å². The lowest BCUT2D eigenvalue weighted by Crippen LogP contribution is -2.25. The van der Waals surface area contributed by atoms with Crippen LogP contribution in [0.15, 0.2) is 35.4 Å². The molecule has 0 unspecified atom stereocenters. The van der Waals surface area contributed by atoms with Gasteiger partial charge >= 0.3 is 0 Å². The van der Waals surface area contributed by atoms with E-state index in [1.165, 1.54) is 4.68 Å². The maximum absolute atomic E-state index is 12.3. The highest BCUT2D eigenvalue weighted by Gasteiger charge is 2.19. The Bertz CT molecular complexity index is 687. The number of aryl methyl sites for hydroxylation is 1. The van der Waals surface area contributed by atoms with Crippen molar-refractivity contribution in [3.63, 3.8) is 0 Å². The highest BCUT2D eigenvalue weighted by atomic mass is 32.2. The van der Waals surface area contributed by atoms with Gasteiger partial charge in [-0.05, 0) is 25.5 Å². The van der Waals surface area contributed by atoms with Gasteiger partial charge in [-0.25, -0.2) is 17.8 Å². The molecular formula is C13H18N4O2S. The van der Waals surface area contributed by atoms with Crippen molar-refractivity contribution in [3.8, 4) is 5.69 Å². The molecule has 7 heteroatoms. The van der Waals surface area contributed by atoms with E-state index in [9.17, 15) is 8.42 Å². The fourth-order valence-electron chi connectivity index (χ4n) is 1.78. The van der Waals surface area contributed by atoms with Crippen molar-refractivity contribution in [2.75, 3.05) is 12.3 Å². The normalized spacial score (nSPS) is 11.7. The highest BCUT2D eigenvalue weighted by molar-refractivity contribution is 7.89. The molecule has 3 N–H and O–H groups in total. The molecule has 0 fully saturated rings. The van der Waals surface area contributed by atoms with Gasteiger partial charge in [0.05, 0.1) is 5.69 Å². The number of rotatable bonds is 5. The zero-order chi connectivity index (χ0) is 14.8.